The number of methoxy groups -OCH3 is 1. The summed E-state index contributed by atoms with van der Waals surface area (Å²) in [5, 5.41) is 8.03. The van der Waals surface area contributed by atoms with E-state index >= 15 is 0 Å². The van der Waals surface area contributed by atoms with Gasteiger partial charge in [0.15, 0.2) is 5.13 Å². The van der Waals surface area contributed by atoms with Gasteiger partial charge in [-0.2, -0.15) is 0 Å². The molecule has 4 rings (SSSR count). The van der Waals surface area contributed by atoms with Gasteiger partial charge in [0.25, 0.3) is 5.91 Å². The first-order valence-corrected chi connectivity index (χ1v) is 9.50. The number of fused-ring (bicyclic) bond motifs is 1. The van der Waals surface area contributed by atoms with Gasteiger partial charge in [-0.3, -0.25) is 10.1 Å². The van der Waals surface area contributed by atoms with Crippen molar-refractivity contribution < 1.29 is 9.53 Å². The van der Waals surface area contributed by atoms with E-state index in [0.29, 0.717) is 15.7 Å². The molecule has 0 saturated heterocycles. The Hall–Kier alpha value is -2.89. The van der Waals surface area contributed by atoms with E-state index in [9.17, 15) is 4.79 Å². The predicted molar refractivity (Wildman–Crippen MR) is 111 cm³/mol. The third-order valence-corrected chi connectivity index (χ3v) is 5.21. The summed E-state index contributed by atoms with van der Waals surface area (Å²) in [5.74, 6) is 0.520. The molecule has 134 valence electrons. The Balaban J connectivity index is 1.68. The standard InChI is InChI=1S/C21H15ClN2O2S/c1-26-18-11-8-13-4-2-3-5-16(13)19(18)17-12-27-21(23-17)24-20(25)14-6-9-15(22)10-7-14/h2-12H,1H3,(H,23,24,25). The Labute approximate surface area is 165 Å². The highest BCUT2D eigenvalue weighted by Gasteiger charge is 2.15. The molecule has 0 unspecified atom stereocenters. The van der Waals surface area contributed by atoms with Gasteiger partial charge in [0, 0.05) is 16.0 Å². The minimum atomic E-state index is -0.225. The molecular weight excluding hydrogens is 380 g/mol. The molecule has 0 saturated carbocycles. The summed E-state index contributed by atoms with van der Waals surface area (Å²) in [5.41, 5.74) is 2.21. The fourth-order valence-corrected chi connectivity index (χ4v) is 3.72. The fraction of sp³-hybridized carbons (Fsp3) is 0.0476. The van der Waals surface area contributed by atoms with Crippen molar-refractivity contribution in [3.63, 3.8) is 0 Å². The molecule has 1 heterocycles. The number of hydrogen-bond acceptors (Lipinski definition) is 4. The average Bonchev–Trinajstić information content (AvgIpc) is 3.15. The zero-order valence-corrected chi connectivity index (χ0v) is 16.0. The second-order valence-electron chi connectivity index (χ2n) is 5.86. The van der Waals surface area contributed by atoms with Crippen molar-refractivity contribution in [3.8, 4) is 17.0 Å². The number of carbonyl (C=O) groups is 1. The van der Waals surface area contributed by atoms with Crippen LogP contribution in [0.2, 0.25) is 5.02 Å². The van der Waals surface area contributed by atoms with Gasteiger partial charge in [0.1, 0.15) is 5.75 Å². The van der Waals surface area contributed by atoms with Gasteiger partial charge in [0.2, 0.25) is 0 Å². The highest BCUT2D eigenvalue weighted by molar-refractivity contribution is 7.14. The third kappa shape index (κ3) is 3.52. The van der Waals surface area contributed by atoms with E-state index in [2.05, 4.69) is 10.3 Å². The molecule has 0 bridgehead atoms. The molecule has 27 heavy (non-hydrogen) atoms. The summed E-state index contributed by atoms with van der Waals surface area (Å²) in [6.45, 7) is 0. The number of hydrogen-bond donors (Lipinski definition) is 1. The number of ether oxygens (including phenoxy) is 1. The number of rotatable bonds is 4. The molecule has 0 aliphatic heterocycles. The van der Waals surface area contributed by atoms with E-state index < -0.39 is 0 Å². The van der Waals surface area contributed by atoms with Crippen molar-refractivity contribution >= 4 is 44.7 Å². The number of nitrogens with one attached hydrogen (secondary N) is 1. The molecule has 1 amide bonds. The first-order valence-electron chi connectivity index (χ1n) is 8.24. The Kier molecular flexibility index (Phi) is 4.79. The predicted octanol–water partition coefficient (Wildman–Crippen LogP) is 5.88. The third-order valence-electron chi connectivity index (χ3n) is 4.20. The van der Waals surface area contributed by atoms with Gasteiger partial charge in [-0.25, -0.2) is 4.98 Å². The monoisotopic (exact) mass is 394 g/mol. The van der Waals surface area contributed by atoms with Crippen LogP contribution in [0.1, 0.15) is 10.4 Å². The number of halogens is 1. The van der Waals surface area contributed by atoms with Crippen LogP contribution in [0.5, 0.6) is 5.75 Å². The summed E-state index contributed by atoms with van der Waals surface area (Å²) in [4.78, 5) is 17.0. The van der Waals surface area contributed by atoms with Crippen LogP contribution in [0, 0.1) is 0 Å². The van der Waals surface area contributed by atoms with Crippen molar-refractivity contribution in [1.82, 2.24) is 4.98 Å². The highest BCUT2D eigenvalue weighted by Crippen LogP contribution is 2.38. The Morgan fingerprint density at radius 2 is 1.85 bits per heavy atom. The molecule has 6 heteroatoms. The largest absolute Gasteiger partial charge is 0.496 e. The molecule has 4 aromatic rings. The maximum Gasteiger partial charge on any atom is 0.257 e. The summed E-state index contributed by atoms with van der Waals surface area (Å²) in [6.07, 6.45) is 0. The summed E-state index contributed by atoms with van der Waals surface area (Å²) < 4.78 is 5.54. The van der Waals surface area contributed by atoms with Gasteiger partial charge in [-0.05, 0) is 41.1 Å². The minimum Gasteiger partial charge on any atom is -0.496 e. The number of benzene rings is 3. The van der Waals surface area contributed by atoms with E-state index in [0.717, 1.165) is 27.8 Å². The second-order valence-corrected chi connectivity index (χ2v) is 7.16. The van der Waals surface area contributed by atoms with E-state index in [1.54, 1.807) is 31.4 Å². The molecular formula is C21H15ClN2O2S. The van der Waals surface area contributed by atoms with Crippen LogP contribution < -0.4 is 10.1 Å². The molecule has 0 spiro atoms. The number of anilines is 1. The van der Waals surface area contributed by atoms with Crippen molar-refractivity contribution in [2.75, 3.05) is 12.4 Å². The lowest BCUT2D eigenvalue weighted by molar-refractivity contribution is 0.102. The lowest BCUT2D eigenvalue weighted by Crippen LogP contribution is -2.11. The van der Waals surface area contributed by atoms with Crippen LogP contribution in [0.25, 0.3) is 22.0 Å². The smallest absolute Gasteiger partial charge is 0.257 e. The number of amides is 1. The Bertz CT molecular complexity index is 1120. The van der Waals surface area contributed by atoms with Crippen molar-refractivity contribution in [2.45, 2.75) is 0 Å². The van der Waals surface area contributed by atoms with E-state index in [4.69, 9.17) is 16.3 Å². The fourth-order valence-electron chi connectivity index (χ4n) is 2.90. The summed E-state index contributed by atoms with van der Waals surface area (Å²) >= 11 is 7.24. The lowest BCUT2D eigenvalue weighted by Gasteiger charge is -2.10. The van der Waals surface area contributed by atoms with Crippen molar-refractivity contribution in [1.29, 1.82) is 0 Å². The minimum absolute atomic E-state index is 0.225. The topological polar surface area (TPSA) is 51.2 Å². The first-order chi connectivity index (χ1) is 13.2. The molecule has 0 atom stereocenters. The Morgan fingerprint density at radius 3 is 2.63 bits per heavy atom. The molecule has 0 aliphatic rings. The van der Waals surface area contributed by atoms with Gasteiger partial charge < -0.3 is 4.74 Å². The molecule has 1 aromatic heterocycles. The second kappa shape index (κ2) is 7.39. The zero-order valence-electron chi connectivity index (χ0n) is 14.4. The van der Waals surface area contributed by atoms with Gasteiger partial charge in [0.05, 0.1) is 18.4 Å². The van der Waals surface area contributed by atoms with Crippen LogP contribution >= 0.6 is 22.9 Å². The molecule has 0 radical (unpaired) electrons. The number of thiazole rings is 1. The lowest BCUT2D eigenvalue weighted by atomic mass is 10.0. The van der Waals surface area contributed by atoms with Crippen molar-refractivity contribution in [3.05, 3.63) is 76.6 Å². The van der Waals surface area contributed by atoms with E-state index in [1.807, 2.05) is 41.8 Å². The Morgan fingerprint density at radius 1 is 1.07 bits per heavy atom. The van der Waals surface area contributed by atoms with E-state index in [1.165, 1.54) is 11.3 Å². The maximum atomic E-state index is 12.4. The summed E-state index contributed by atoms with van der Waals surface area (Å²) in [6, 6.07) is 18.8. The highest BCUT2D eigenvalue weighted by atomic mass is 35.5. The number of aromatic nitrogens is 1. The number of carbonyl (C=O) groups excluding carboxylic acids is 1. The molecule has 3 aromatic carbocycles. The average molecular weight is 395 g/mol. The quantitative estimate of drug-likeness (QED) is 0.470. The SMILES string of the molecule is COc1ccc2ccccc2c1-c1csc(NC(=O)c2ccc(Cl)cc2)n1. The molecule has 0 fully saturated rings. The van der Waals surface area contributed by atoms with Gasteiger partial charge in [-0.1, -0.05) is 41.9 Å². The van der Waals surface area contributed by atoms with Crippen LogP contribution in [-0.2, 0) is 0 Å². The first kappa shape index (κ1) is 17.5. The summed E-state index contributed by atoms with van der Waals surface area (Å²) in [7, 11) is 1.64. The van der Waals surface area contributed by atoms with E-state index in [-0.39, 0.29) is 5.91 Å². The molecule has 0 aliphatic carbocycles. The number of nitrogens with zero attached hydrogens (tertiary/aromatic N) is 1. The van der Waals surface area contributed by atoms with Crippen LogP contribution in [0.3, 0.4) is 0 Å². The van der Waals surface area contributed by atoms with Crippen molar-refractivity contribution in [2.24, 2.45) is 0 Å². The normalized spacial score (nSPS) is 10.7. The molecule has 1 N–H and O–H groups in total. The molecule has 4 nitrogen and oxygen atoms in total. The zero-order chi connectivity index (χ0) is 18.8. The van der Waals surface area contributed by atoms with Gasteiger partial charge in [-0.15, -0.1) is 11.3 Å². The maximum absolute atomic E-state index is 12.4. The van der Waals surface area contributed by atoms with Gasteiger partial charge >= 0.3 is 0 Å². The van der Waals surface area contributed by atoms with Crippen LogP contribution in [0.15, 0.2) is 66.0 Å². The van der Waals surface area contributed by atoms with Crippen LogP contribution in [0.4, 0.5) is 5.13 Å². The van der Waals surface area contributed by atoms with Crippen LogP contribution in [-0.4, -0.2) is 18.0 Å².